The number of piperazine rings is 1. The van der Waals surface area contributed by atoms with Gasteiger partial charge in [-0.3, -0.25) is 9.59 Å². The maximum absolute atomic E-state index is 12.9. The molecule has 2 aromatic heterocycles. The van der Waals surface area contributed by atoms with Crippen LogP contribution in [0.5, 0.6) is 0 Å². The molecule has 0 bridgehead atoms. The molecule has 142 valence electrons. The number of carbonyl (C=O) groups is 2. The van der Waals surface area contributed by atoms with Gasteiger partial charge >= 0.3 is 5.69 Å². The molecule has 0 radical (unpaired) electrons. The number of hydrogen-bond donors (Lipinski definition) is 1. The molecule has 1 aliphatic rings. The van der Waals surface area contributed by atoms with Crippen molar-refractivity contribution in [3.05, 3.63) is 34.7 Å². The molecule has 1 fully saturated rings. The number of carbonyl (C=O) groups excluding carboxylic acids is 2. The molecule has 9 heteroatoms. The fourth-order valence-corrected chi connectivity index (χ4v) is 3.74. The Kier molecular flexibility index (Phi) is 3.83. The van der Waals surface area contributed by atoms with E-state index < -0.39 is 5.54 Å². The van der Waals surface area contributed by atoms with Gasteiger partial charge in [0.25, 0.3) is 0 Å². The van der Waals surface area contributed by atoms with Gasteiger partial charge in [-0.1, -0.05) is 12.1 Å². The highest BCUT2D eigenvalue weighted by molar-refractivity contribution is 5.91. The minimum atomic E-state index is -0.955. The highest BCUT2D eigenvalue weighted by Gasteiger charge is 2.40. The van der Waals surface area contributed by atoms with E-state index in [0.29, 0.717) is 25.4 Å². The van der Waals surface area contributed by atoms with Crippen LogP contribution < -0.4 is 11.0 Å². The number of aryl methyl sites for hydroxylation is 1. The fourth-order valence-electron chi connectivity index (χ4n) is 3.74. The summed E-state index contributed by atoms with van der Waals surface area (Å²) in [6.07, 6.45) is 0. The first-order chi connectivity index (χ1) is 12.9. The van der Waals surface area contributed by atoms with Crippen LogP contribution in [0.1, 0.15) is 20.8 Å². The van der Waals surface area contributed by atoms with E-state index in [1.807, 2.05) is 35.8 Å². The van der Waals surface area contributed by atoms with Crippen molar-refractivity contribution in [1.29, 1.82) is 0 Å². The molecule has 1 N–H and O–H groups in total. The predicted octanol–water partition coefficient (Wildman–Crippen LogP) is 0.208. The maximum Gasteiger partial charge on any atom is 0.352 e. The van der Waals surface area contributed by atoms with Crippen LogP contribution in [0.2, 0.25) is 0 Å². The maximum atomic E-state index is 12.9. The van der Waals surface area contributed by atoms with E-state index in [4.69, 9.17) is 0 Å². The number of amides is 2. The minimum Gasteiger partial charge on any atom is -0.352 e. The number of imidazole rings is 1. The molecular formula is C18H22N6O3. The molecule has 2 amide bonds. The molecule has 9 nitrogen and oxygen atoms in total. The molecule has 1 aliphatic heterocycles. The number of para-hydroxylation sites is 2. The Morgan fingerprint density at radius 1 is 1.22 bits per heavy atom. The number of hydrogen-bond acceptors (Lipinski definition) is 4. The zero-order valence-corrected chi connectivity index (χ0v) is 15.6. The Hall–Kier alpha value is -3.10. The molecule has 0 unspecified atom stereocenters. The van der Waals surface area contributed by atoms with E-state index in [9.17, 15) is 14.4 Å². The van der Waals surface area contributed by atoms with Crippen molar-refractivity contribution < 1.29 is 9.59 Å². The van der Waals surface area contributed by atoms with Gasteiger partial charge in [-0.05, 0) is 32.9 Å². The summed E-state index contributed by atoms with van der Waals surface area (Å²) >= 11 is 0. The van der Waals surface area contributed by atoms with Gasteiger partial charge in [-0.25, -0.2) is 13.9 Å². The molecule has 0 aliphatic carbocycles. The number of nitrogens with one attached hydrogen (secondary N) is 1. The number of rotatable bonds is 3. The standard InChI is InChI=1S/C18H22N6O3/c1-4-21-12-7-5-6-8-13(12)24-16(21)20-23(17(24)27)11-14(25)22-10-9-19-15(26)18(22,2)3/h5-8H,4,9-11H2,1-3H3,(H,19,26). The van der Waals surface area contributed by atoms with Gasteiger partial charge in [0, 0.05) is 19.6 Å². The summed E-state index contributed by atoms with van der Waals surface area (Å²) in [6, 6.07) is 7.59. The van der Waals surface area contributed by atoms with Gasteiger partial charge in [0.1, 0.15) is 12.1 Å². The van der Waals surface area contributed by atoms with Gasteiger partial charge < -0.3 is 14.8 Å². The van der Waals surface area contributed by atoms with Gasteiger partial charge in [0.15, 0.2) is 0 Å². The van der Waals surface area contributed by atoms with Crippen molar-refractivity contribution in [1.82, 2.24) is 29.0 Å². The zero-order valence-electron chi connectivity index (χ0n) is 15.6. The minimum absolute atomic E-state index is 0.199. The SMILES string of the molecule is CCn1c2ccccc2n2c(=O)n(CC(=O)N3CCNC(=O)C3(C)C)nc12. The molecule has 0 spiro atoms. The van der Waals surface area contributed by atoms with E-state index in [0.717, 1.165) is 11.0 Å². The van der Waals surface area contributed by atoms with Crippen LogP contribution >= 0.6 is 0 Å². The van der Waals surface area contributed by atoms with Crippen molar-refractivity contribution in [2.24, 2.45) is 0 Å². The second kappa shape index (κ2) is 5.97. The molecular weight excluding hydrogens is 348 g/mol. The largest absolute Gasteiger partial charge is 0.352 e. The summed E-state index contributed by atoms with van der Waals surface area (Å²) in [5.74, 6) is 0.00470. The number of benzene rings is 1. The van der Waals surface area contributed by atoms with Gasteiger partial charge in [-0.15, -0.1) is 5.10 Å². The van der Waals surface area contributed by atoms with Crippen molar-refractivity contribution in [3.8, 4) is 0 Å². The Balaban J connectivity index is 1.75. The topological polar surface area (TPSA) is 93.6 Å². The molecule has 27 heavy (non-hydrogen) atoms. The molecule has 3 heterocycles. The first-order valence-corrected chi connectivity index (χ1v) is 9.02. The molecule has 1 saturated heterocycles. The Morgan fingerprint density at radius 3 is 2.63 bits per heavy atom. The normalized spacial score (nSPS) is 16.9. The third-order valence-corrected chi connectivity index (χ3v) is 5.23. The average Bonchev–Trinajstić information content (AvgIpc) is 3.11. The van der Waals surface area contributed by atoms with Crippen LogP contribution in [0.25, 0.3) is 16.8 Å². The quantitative estimate of drug-likeness (QED) is 0.713. The first-order valence-electron chi connectivity index (χ1n) is 9.02. The van der Waals surface area contributed by atoms with Crippen LogP contribution in [-0.4, -0.2) is 54.1 Å². The second-order valence-electron chi connectivity index (χ2n) is 7.17. The Bertz CT molecular complexity index is 1120. The number of nitrogens with zero attached hydrogens (tertiary/aromatic N) is 5. The van der Waals surface area contributed by atoms with Crippen molar-refractivity contribution in [3.63, 3.8) is 0 Å². The molecule has 3 aromatic rings. The molecule has 1 aromatic carbocycles. The highest BCUT2D eigenvalue weighted by atomic mass is 16.2. The van der Waals surface area contributed by atoms with Gasteiger partial charge in [-0.2, -0.15) is 0 Å². The van der Waals surface area contributed by atoms with Gasteiger partial charge in [0.05, 0.1) is 11.0 Å². The first kappa shape index (κ1) is 17.3. The lowest BCUT2D eigenvalue weighted by atomic mass is 9.99. The van der Waals surface area contributed by atoms with Crippen LogP contribution in [0, 0.1) is 0 Å². The van der Waals surface area contributed by atoms with E-state index in [1.165, 1.54) is 14.0 Å². The lowest BCUT2D eigenvalue weighted by Gasteiger charge is -2.41. The summed E-state index contributed by atoms with van der Waals surface area (Å²) < 4.78 is 4.65. The molecule has 0 saturated carbocycles. The third-order valence-electron chi connectivity index (χ3n) is 5.23. The van der Waals surface area contributed by atoms with Crippen molar-refractivity contribution in [2.45, 2.75) is 39.4 Å². The summed E-state index contributed by atoms with van der Waals surface area (Å²) in [7, 11) is 0. The predicted molar refractivity (Wildman–Crippen MR) is 99.4 cm³/mol. The van der Waals surface area contributed by atoms with E-state index in [-0.39, 0.29) is 24.0 Å². The average molecular weight is 370 g/mol. The summed E-state index contributed by atoms with van der Waals surface area (Å²) in [5, 5.41) is 7.16. The summed E-state index contributed by atoms with van der Waals surface area (Å²) in [6.45, 7) is 6.64. The van der Waals surface area contributed by atoms with Crippen molar-refractivity contribution in [2.75, 3.05) is 13.1 Å². The zero-order chi connectivity index (χ0) is 19.3. The van der Waals surface area contributed by atoms with E-state index in [1.54, 1.807) is 13.8 Å². The second-order valence-corrected chi connectivity index (χ2v) is 7.17. The lowest BCUT2D eigenvalue weighted by Crippen LogP contribution is -2.64. The fraction of sp³-hybridized carbons (Fsp3) is 0.444. The van der Waals surface area contributed by atoms with Crippen LogP contribution in [0.15, 0.2) is 29.1 Å². The smallest absolute Gasteiger partial charge is 0.352 e. The summed E-state index contributed by atoms with van der Waals surface area (Å²) in [4.78, 5) is 39.3. The number of aromatic nitrogens is 4. The van der Waals surface area contributed by atoms with E-state index in [2.05, 4.69) is 10.4 Å². The monoisotopic (exact) mass is 370 g/mol. The highest BCUT2D eigenvalue weighted by Crippen LogP contribution is 2.20. The van der Waals surface area contributed by atoms with E-state index >= 15 is 0 Å². The number of fused-ring (bicyclic) bond motifs is 3. The van der Waals surface area contributed by atoms with Crippen LogP contribution in [0.4, 0.5) is 0 Å². The van der Waals surface area contributed by atoms with Crippen molar-refractivity contribution >= 4 is 28.6 Å². The van der Waals surface area contributed by atoms with Crippen LogP contribution in [-0.2, 0) is 22.7 Å². The lowest BCUT2D eigenvalue weighted by molar-refractivity contribution is -0.149. The molecule has 0 atom stereocenters. The van der Waals surface area contributed by atoms with Gasteiger partial charge in [0.2, 0.25) is 17.6 Å². The van der Waals surface area contributed by atoms with Crippen LogP contribution in [0.3, 0.4) is 0 Å². The summed E-state index contributed by atoms with van der Waals surface area (Å²) in [5.41, 5.74) is 0.368. The Morgan fingerprint density at radius 2 is 1.93 bits per heavy atom. The third kappa shape index (κ3) is 2.45. The molecule has 4 rings (SSSR count). The Labute approximate surface area is 155 Å².